The normalized spacial score (nSPS) is 10.6. The van der Waals surface area contributed by atoms with Crippen molar-refractivity contribution < 1.29 is 23.1 Å². The molecule has 1 aromatic heterocycles. The number of alkyl halides is 2. The number of aromatic nitrogens is 4. The van der Waals surface area contributed by atoms with Crippen molar-refractivity contribution in [2.75, 3.05) is 5.75 Å². The molecule has 2 rings (SSSR count). The topological polar surface area (TPSA) is 99.0 Å². The van der Waals surface area contributed by atoms with Crippen molar-refractivity contribution in [1.29, 1.82) is 0 Å². The second-order valence-corrected chi connectivity index (χ2v) is 5.10. The minimum absolute atomic E-state index is 0.0491. The van der Waals surface area contributed by atoms with Gasteiger partial charge >= 0.3 is 6.61 Å². The molecule has 0 spiro atoms. The summed E-state index contributed by atoms with van der Waals surface area (Å²) in [7, 11) is 1.62. The molecular formula is C12H11F2N5O3S. The molecule has 1 aromatic carbocycles. The number of thioether (sulfide) groups is 1. The Morgan fingerprint density at radius 1 is 1.35 bits per heavy atom. The van der Waals surface area contributed by atoms with Crippen molar-refractivity contribution in [3.05, 3.63) is 29.8 Å². The van der Waals surface area contributed by atoms with Crippen LogP contribution < -0.4 is 10.1 Å². The molecule has 1 heterocycles. The fourth-order valence-corrected chi connectivity index (χ4v) is 2.15. The van der Waals surface area contributed by atoms with E-state index in [1.807, 2.05) is 0 Å². The molecule has 2 aromatic rings. The molecule has 122 valence electrons. The summed E-state index contributed by atoms with van der Waals surface area (Å²) < 4.78 is 29.6. The predicted molar refractivity (Wildman–Crippen MR) is 75.1 cm³/mol. The molecule has 0 atom stereocenters. The number of imide groups is 1. The van der Waals surface area contributed by atoms with Gasteiger partial charge in [0, 0.05) is 12.6 Å². The number of aryl methyl sites for hydroxylation is 1. The number of carbonyl (C=O) groups excluding carboxylic acids is 2. The molecule has 0 saturated carbocycles. The van der Waals surface area contributed by atoms with Crippen molar-refractivity contribution >= 4 is 23.6 Å². The number of tetrazole rings is 1. The smallest absolute Gasteiger partial charge is 0.387 e. The maximum absolute atomic E-state index is 12.0. The lowest BCUT2D eigenvalue weighted by Gasteiger charge is -2.06. The number of hydrogen-bond acceptors (Lipinski definition) is 7. The van der Waals surface area contributed by atoms with Gasteiger partial charge in [0.15, 0.2) is 0 Å². The van der Waals surface area contributed by atoms with Gasteiger partial charge in [0.05, 0.1) is 5.75 Å². The Bertz CT molecular complexity index is 692. The van der Waals surface area contributed by atoms with Crippen LogP contribution in [0.15, 0.2) is 29.4 Å². The number of amides is 2. The molecule has 8 nitrogen and oxygen atoms in total. The van der Waals surface area contributed by atoms with Gasteiger partial charge in [-0.25, -0.2) is 4.68 Å². The number of nitrogens with zero attached hydrogens (tertiary/aromatic N) is 4. The molecule has 0 aliphatic rings. The van der Waals surface area contributed by atoms with Crippen LogP contribution >= 0.6 is 11.8 Å². The summed E-state index contributed by atoms with van der Waals surface area (Å²) >= 11 is 1.07. The number of carbonyl (C=O) groups is 2. The van der Waals surface area contributed by atoms with E-state index in [4.69, 9.17) is 0 Å². The van der Waals surface area contributed by atoms with Crippen LogP contribution in [0.4, 0.5) is 8.78 Å². The zero-order valence-electron chi connectivity index (χ0n) is 11.8. The van der Waals surface area contributed by atoms with Crippen LogP contribution in [0.1, 0.15) is 10.4 Å². The average Bonchev–Trinajstić information content (AvgIpc) is 2.90. The predicted octanol–water partition coefficient (Wildman–Crippen LogP) is 0.860. The summed E-state index contributed by atoms with van der Waals surface area (Å²) in [6, 6.07) is 4.98. The Kier molecular flexibility index (Phi) is 5.57. The van der Waals surface area contributed by atoms with Crippen molar-refractivity contribution in [2.45, 2.75) is 11.8 Å². The monoisotopic (exact) mass is 343 g/mol. The van der Waals surface area contributed by atoms with Crippen LogP contribution in [0.25, 0.3) is 0 Å². The summed E-state index contributed by atoms with van der Waals surface area (Å²) in [4.78, 5) is 23.5. The second-order valence-electron chi connectivity index (χ2n) is 4.15. The zero-order valence-corrected chi connectivity index (χ0v) is 12.6. The lowest BCUT2D eigenvalue weighted by molar-refractivity contribution is -0.117. The van der Waals surface area contributed by atoms with Crippen molar-refractivity contribution in [3.8, 4) is 5.75 Å². The Morgan fingerprint density at radius 2 is 2.04 bits per heavy atom. The van der Waals surface area contributed by atoms with Gasteiger partial charge in [-0.1, -0.05) is 11.8 Å². The summed E-state index contributed by atoms with van der Waals surface area (Å²) in [5.41, 5.74) is 0.144. The molecule has 2 amide bonds. The van der Waals surface area contributed by atoms with E-state index in [1.54, 1.807) is 7.05 Å². The Balaban J connectivity index is 1.85. The number of halogens is 2. The standard InChI is InChI=1S/C12H11F2N5O3S/c1-19-12(16-17-18-19)23-6-9(20)15-10(21)7-2-4-8(5-3-7)22-11(13)14/h2-5,11H,6H2,1H3,(H,15,20,21). The van der Waals surface area contributed by atoms with Crippen LogP contribution in [0.3, 0.4) is 0 Å². The molecule has 0 saturated heterocycles. The van der Waals surface area contributed by atoms with Crippen molar-refractivity contribution in [2.24, 2.45) is 7.05 Å². The minimum Gasteiger partial charge on any atom is -0.435 e. The third-order valence-electron chi connectivity index (χ3n) is 2.51. The highest BCUT2D eigenvalue weighted by molar-refractivity contribution is 7.99. The quantitative estimate of drug-likeness (QED) is 0.777. The van der Waals surface area contributed by atoms with E-state index in [0.29, 0.717) is 5.16 Å². The van der Waals surface area contributed by atoms with Crippen LogP contribution in [-0.4, -0.2) is 44.4 Å². The van der Waals surface area contributed by atoms with Gasteiger partial charge in [0.1, 0.15) is 5.75 Å². The van der Waals surface area contributed by atoms with Gasteiger partial charge in [-0.3, -0.25) is 14.9 Å². The minimum atomic E-state index is -2.94. The number of benzene rings is 1. The van der Waals surface area contributed by atoms with E-state index in [2.05, 4.69) is 25.6 Å². The number of nitrogens with one attached hydrogen (secondary N) is 1. The van der Waals surface area contributed by atoms with E-state index in [-0.39, 0.29) is 17.1 Å². The van der Waals surface area contributed by atoms with E-state index >= 15 is 0 Å². The highest BCUT2D eigenvalue weighted by atomic mass is 32.2. The van der Waals surface area contributed by atoms with E-state index in [9.17, 15) is 18.4 Å². The fraction of sp³-hybridized carbons (Fsp3) is 0.250. The largest absolute Gasteiger partial charge is 0.435 e. The van der Waals surface area contributed by atoms with E-state index in [0.717, 1.165) is 11.8 Å². The molecule has 0 aliphatic heterocycles. The molecule has 0 aliphatic carbocycles. The Labute approximate surface area is 133 Å². The SMILES string of the molecule is Cn1nnnc1SCC(=O)NC(=O)c1ccc(OC(F)F)cc1. The molecule has 0 fully saturated rings. The number of ether oxygens (including phenoxy) is 1. The zero-order chi connectivity index (χ0) is 16.8. The van der Waals surface area contributed by atoms with Gasteiger partial charge in [-0.2, -0.15) is 8.78 Å². The highest BCUT2D eigenvalue weighted by Gasteiger charge is 2.13. The maximum Gasteiger partial charge on any atom is 0.387 e. The van der Waals surface area contributed by atoms with Crippen LogP contribution in [0.5, 0.6) is 5.75 Å². The molecule has 1 N–H and O–H groups in total. The molecule has 0 radical (unpaired) electrons. The highest BCUT2D eigenvalue weighted by Crippen LogP contribution is 2.15. The van der Waals surface area contributed by atoms with Crippen LogP contribution in [0.2, 0.25) is 0 Å². The van der Waals surface area contributed by atoms with Gasteiger partial charge in [0.25, 0.3) is 5.91 Å². The van der Waals surface area contributed by atoms with Gasteiger partial charge in [-0.15, -0.1) is 5.10 Å². The molecular weight excluding hydrogens is 332 g/mol. The summed E-state index contributed by atoms with van der Waals surface area (Å²) in [5, 5.41) is 13.3. The van der Waals surface area contributed by atoms with Gasteiger partial charge in [-0.05, 0) is 34.7 Å². The maximum atomic E-state index is 12.0. The lowest BCUT2D eigenvalue weighted by atomic mass is 10.2. The first kappa shape index (κ1) is 16.8. The first-order valence-corrected chi connectivity index (χ1v) is 7.18. The molecule has 23 heavy (non-hydrogen) atoms. The van der Waals surface area contributed by atoms with Crippen LogP contribution in [0, 0.1) is 0 Å². The fourth-order valence-electron chi connectivity index (χ4n) is 1.50. The first-order valence-electron chi connectivity index (χ1n) is 6.20. The van der Waals surface area contributed by atoms with Crippen molar-refractivity contribution in [1.82, 2.24) is 25.5 Å². The summed E-state index contributed by atoms with van der Waals surface area (Å²) in [6.07, 6.45) is 0. The first-order chi connectivity index (χ1) is 11.0. The van der Waals surface area contributed by atoms with Crippen molar-refractivity contribution in [3.63, 3.8) is 0 Å². The lowest BCUT2D eigenvalue weighted by Crippen LogP contribution is -2.31. The molecule has 0 bridgehead atoms. The second kappa shape index (κ2) is 7.63. The summed E-state index contributed by atoms with van der Waals surface area (Å²) in [6.45, 7) is -2.94. The third-order valence-corrected chi connectivity index (χ3v) is 3.52. The van der Waals surface area contributed by atoms with Gasteiger partial charge in [0.2, 0.25) is 11.1 Å². The third kappa shape index (κ3) is 4.98. The van der Waals surface area contributed by atoms with E-state index < -0.39 is 18.4 Å². The van der Waals surface area contributed by atoms with Gasteiger partial charge < -0.3 is 4.74 Å². The summed E-state index contributed by atoms with van der Waals surface area (Å²) in [5.74, 6) is -1.30. The average molecular weight is 343 g/mol. The Hall–Kier alpha value is -2.56. The number of rotatable bonds is 6. The Morgan fingerprint density at radius 3 is 2.61 bits per heavy atom. The number of hydrogen-bond donors (Lipinski definition) is 1. The molecule has 11 heteroatoms. The molecule has 0 unspecified atom stereocenters. The van der Waals surface area contributed by atoms with E-state index in [1.165, 1.54) is 28.9 Å². The van der Waals surface area contributed by atoms with Crippen LogP contribution in [-0.2, 0) is 11.8 Å².